The number of hydrogen-bond donors (Lipinski definition) is 3. The van der Waals surface area contributed by atoms with Crippen LogP contribution < -0.4 is 11.5 Å². The number of primary amides is 1. The largest absolute Gasteiger partial charge is 0.396 e. The topological polar surface area (TPSA) is 106 Å². The van der Waals surface area contributed by atoms with Gasteiger partial charge in [-0.15, -0.1) is 11.3 Å². The number of aliphatic hydroxyl groups excluding tert-OH is 1. The number of amides is 1. The Morgan fingerprint density at radius 3 is 2.61 bits per heavy atom. The number of benzene rings is 1. The van der Waals surface area contributed by atoms with Gasteiger partial charge in [0.15, 0.2) is 5.78 Å². The number of hydrogen-bond acceptors (Lipinski definition) is 5. The third-order valence-electron chi connectivity index (χ3n) is 4.59. The minimum Gasteiger partial charge on any atom is -0.396 e. The van der Waals surface area contributed by atoms with Crippen LogP contribution in [0.25, 0.3) is 0 Å². The molecule has 6 heteroatoms. The lowest BCUT2D eigenvalue weighted by Gasteiger charge is -2.35. The van der Waals surface area contributed by atoms with Crippen molar-refractivity contribution in [2.75, 3.05) is 12.3 Å². The molecule has 1 amide bonds. The van der Waals surface area contributed by atoms with Gasteiger partial charge < -0.3 is 16.6 Å². The first-order valence-electron chi connectivity index (χ1n) is 7.43. The Morgan fingerprint density at radius 1 is 1.30 bits per heavy atom. The summed E-state index contributed by atoms with van der Waals surface area (Å²) in [4.78, 5) is 25.3. The molecule has 120 valence electrons. The van der Waals surface area contributed by atoms with Gasteiger partial charge in [0.2, 0.25) is 0 Å². The first-order chi connectivity index (χ1) is 11.0. The minimum absolute atomic E-state index is 0.0804. The van der Waals surface area contributed by atoms with Crippen LogP contribution >= 0.6 is 11.3 Å². The van der Waals surface area contributed by atoms with Crippen molar-refractivity contribution in [1.29, 1.82) is 0 Å². The first kappa shape index (κ1) is 15.7. The molecule has 1 atom stereocenters. The summed E-state index contributed by atoms with van der Waals surface area (Å²) in [5.74, 6) is -0.676. The number of aliphatic hydroxyl groups is 1. The van der Waals surface area contributed by atoms with Crippen molar-refractivity contribution in [3.05, 3.63) is 51.9 Å². The molecule has 3 rings (SSSR count). The fourth-order valence-corrected chi connectivity index (χ4v) is 4.61. The molecule has 23 heavy (non-hydrogen) atoms. The van der Waals surface area contributed by atoms with E-state index in [1.54, 1.807) is 0 Å². The van der Waals surface area contributed by atoms with E-state index >= 15 is 0 Å². The summed E-state index contributed by atoms with van der Waals surface area (Å²) in [6.07, 6.45) is 1.42. The number of carbonyl (C=O) groups is 2. The molecule has 2 aromatic rings. The highest BCUT2D eigenvalue weighted by Crippen LogP contribution is 2.46. The molecule has 0 radical (unpaired) electrons. The summed E-state index contributed by atoms with van der Waals surface area (Å²) in [6.45, 7) is -0.0838. The maximum Gasteiger partial charge on any atom is 0.251 e. The number of anilines is 1. The Balaban J connectivity index is 2.15. The number of nitrogens with two attached hydrogens (primary N) is 2. The molecule has 0 saturated heterocycles. The van der Waals surface area contributed by atoms with Gasteiger partial charge in [0, 0.05) is 6.61 Å². The maximum atomic E-state index is 13.2. The van der Waals surface area contributed by atoms with Gasteiger partial charge >= 0.3 is 0 Å². The standard InChI is InChI=1S/C17H18N2O3S/c18-15(22)12-11-6-7-17(8-9-20,10-4-2-1-3-5-10)14(21)13(11)23-16(12)19/h1-5,20H,6-9,19H2,(H2,18,22)/t17-/m1/s1. The summed E-state index contributed by atoms with van der Waals surface area (Å²) in [6, 6.07) is 9.47. The fraction of sp³-hybridized carbons (Fsp3) is 0.294. The second-order valence-electron chi connectivity index (χ2n) is 5.76. The van der Waals surface area contributed by atoms with Crippen LogP contribution in [-0.2, 0) is 11.8 Å². The van der Waals surface area contributed by atoms with E-state index in [4.69, 9.17) is 11.5 Å². The predicted molar refractivity (Wildman–Crippen MR) is 89.7 cm³/mol. The Kier molecular flexibility index (Phi) is 3.95. The first-order valence-corrected chi connectivity index (χ1v) is 8.25. The predicted octanol–water partition coefficient (Wildman–Crippen LogP) is 1.88. The summed E-state index contributed by atoms with van der Waals surface area (Å²) in [5, 5.41) is 9.81. The second-order valence-corrected chi connectivity index (χ2v) is 6.82. The van der Waals surface area contributed by atoms with E-state index in [9.17, 15) is 14.7 Å². The molecular weight excluding hydrogens is 312 g/mol. The molecule has 0 spiro atoms. The monoisotopic (exact) mass is 330 g/mol. The van der Waals surface area contributed by atoms with Crippen molar-refractivity contribution in [2.24, 2.45) is 5.73 Å². The molecule has 1 aromatic heterocycles. The van der Waals surface area contributed by atoms with Gasteiger partial charge in [0.05, 0.1) is 20.9 Å². The van der Waals surface area contributed by atoms with Crippen molar-refractivity contribution >= 4 is 28.0 Å². The maximum absolute atomic E-state index is 13.2. The summed E-state index contributed by atoms with van der Waals surface area (Å²) in [7, 11) is 0. The van der Waals surface area contributed by atoms with E-state index in [1.807, 2.05) is 30.3 Å². The van der Waals surface area contributed by atoms with Gasteiger partial charge in [-0.05, 0) is 30.4 Å². The highest BCUT2D eigenvalue weighted by molar-refractivity contribution is 7.18. The molecule has 1 aliphatic carbocycles. The van der Waals surface area contributed by atoms with Gasteiger partial charge in [-0.1, -0.05) is 30.3 Å². The average molecular weight is 330 g/mol. The number of carbonyl (C=O) groups excluding carboxylic acids is 2. The Bertz CT molecular complexity index is 770. The second kappa shape index (κ2) is 5.79. The number of nitrogen functional groups attached to an aromatic ring is 1. The normalized spacial score (nSPS) is 20.3. The SMILES string of the molecule is NC(=O)c1c(N)sc2c1CC[C@@](CCO)(c1ccccc1)C2=O. The van der Waals surface area contributed by atoms with Crippen LogP contribution in [0.4, 0.5) is 5.00 Å². The molecule has 1 aliphatic rings. The third-order valence-corrected chi connectivity index (χ3v) is 5.65. The summed E-state index contributed by atoms with van der Waals surface area (Å²) < 4.78 is 0. The molecule has 0 bridgehead atoms. The molecule has 0 saturated carbocycles. The number of Topliss-reactive ketones (excluding diaryl/α,β-unsaturated/α-hetero) is 1. The van der Waals surface area contributed by atoms with Gasteiger partial charge in [0.1, 0.15) is 0 Å². The highest BCUT2D eigenvalue weighted by atomic mass is 32.1. The zero-order valence-electron chi connectivity index (χ0n) is 12.5. The quantitative estimate of drug-likeness (QED) is 0.795. The summed E-state index contributed by atoms with van der Waals surface area (Å²) >= 11 is 1.12. The lowest BCUT2D eigenvalue weighted by molar-refractivity contribution is 0.0828. The number of ketones is 1. The minimum atomic E-state index is -0.769. The van der Waals surface area contributed by atoms with Crippen molar-refractivity contribution in [2.45, 2.75) is 24.7 Å². The van der Waals surface area contributed by atoms with Gasteiger partial charge in [-0.3, -0.25) is 9.59 Å². The molecule has 1 heterocycles. The van der Waals surface area contributed by atoms with Crippen LogP contribution in [0, 0.1) is 0 Å². The van der Waals surface area contributed by atoms with Gasteiger partial charge in [-0.25, -0.2) is 0 Å². The van der Waals surface area contributed by atoms with E-state index in [1.165, 1.54) is 0 Å². The van der Waals surface area contributed by atoms with Crippen LogP contribution in [0.2, 0.25) is 0 Å². The Labute approximate surface area is 137 Å². The van der Waals surface area contributed by atoms with Crippen LogP contribution in [0.15, 0.2) is 30.3 Å². The highest BCUT2D eigenvalue weighted by Gasteiger charge is 2.45. The Hall–Kier alpha value is -2.18. The number of fused-ring (bicyclic) bond motifs is 1. The zero-order valence-corrected chi connectivity index (χ0v) is 13.4. The van der Waals surface area contributed by atoms with E-state index in [-0.39, 0.29) is 18.0 Å². The van der Waals surface area contributed by atoms with Gasteiger partial charge in [0.25, 0.3) is 5.91 Å². The summed E-state index contributed by atoms with van der Waals surface area (Å²) in [5.41, 5.74) is 12.4. The van der Waals surface area contributed by atoms with E-state index in [0.717, 1.165) is 16.9 Å². The lowest BCUT2D eigenvalue weighted by atomic mass is 9.66. The average Bonchev–Trinajstić information content (AvgIpc) is 2.88. The molecule has 1 aromatic carbocycles. The molecule has 0 fully saturated rings. The van der Waals surface area contributed by atoms with E-state index in [0.29, 0.717) is 34.7 Å². The molecule has 5 nitrogen and oxygen atoms in total. The van der Waals surface area contributed by atoms with Crippen LogP contribution in [0.5, 0.6) is 0 Å². The van der Waals surface area contributed by atoms with Crippen molar-refractivity contribution in [1.82, 2.24) is 0 Å². The van der Waals surface area contributed by atoms with Crippen LogP contribution in [0.3, 0.4) is 0 Å². The van der Waals surface area contributed by atoms with Crippen molar-refractivity contribution < 1.29 is 14.7 Å². The van der Waals surface area contributed by atoms with Crippen molar-refractivity contribution in [3.8, 4) is 0 Å². The number of rotatable bonds is 4. The van der Waals surface area contributed by atoms with Crippen LogP contribution in [0.1, 0.15) is 44.0 Å². The smallest absolute Gasteiger partial charge is 0.251 e. The van der Waals surface area contributed by atoms with Crippen molar-refractivity contribution in [3.63, 3.8) is 0 Å². The van der Waals surface area contributed by atoms with Crippen LogP contribution in [-0.4, -0.2) is 23.4 Å². The Morgan fingerprint density at radius 2 is 2.00 bits per heavy atom. The third kappa shape index (κ3) is 2.34. The lowest BCUT2D eigenvalue weighted by Crippen LogP contribution is -2.40. The van der Waals surface area contributed by atoms with E-state index < -0.39 is 11.3 Å². The molecule has 0 aliphatic heterocycles. The molecular formula is C17H18N2O3S. The fourth-order valence-electron chi connectivity index (χ4n) is 3.45. The zero-order chi connectivity index (χ0) is 16.6. The van der Waals surface area contributed by atoms with Gasteiger partial charge in [-0.2, -0.15) is 0 Å². The van der Waals surface area contributed by atoms with E-state index in [2.05, 4.69) is 0 Å². The number of thiophene rings is 1. The molecule has 0 unspecified atom stereocenters. The molecule has 5 N–H and O–H groups in total.